The topological polar surface area (TPSA) is 55.2 Å². The zero-order valence-electron chi connectivity index (χ0n) is 11.3. The molecule has 0 saturated carbocycles. The number of hydrogen-bond donors (Lipinski definition) is 1. The fourth-order valence-electron chi connectivity index (χ4n) is 1.91. The Labute approximate surface area is 113 Å². The van der Waals surface area contributed by atoms with E-state index in [0.29, 0.717) is 12.8 Å². The van der Waals surface area contributed by atoms with Crippen LogP contribution in [0, 0.1) is 6.92 Å². The molecule has 0 fully saturated rings. The molecule has 0 saturated heterocycles. The molecule has 0 aliphatic heterocycles. The lowest BCUT2D eigenvalue weighted by atomic mass is 10.1. The molecule has 0 aliphatic carbocycles. The second-order valence-corrected chi connectivity index (χ2v) is 4.37. The first-order chi connectivity index (χ1) is 9.22. The van der Waals surface area contributed by atoms with Crippen LogP contribution in [-0.2, 0) is 6.42 Å². The Balaban J connectivity index is 2.34. The third-order valence-corrected chi connectivity index (χ3v) is 2.82. The van der Waals surface area contributed by atoms with Crippen LogP contribution < -0.4 is 4.74 Å². The van der Waals surface area contributed by atoms with Crippen LogP contribution in [-0.4, -0.2) is 28.8 Å². The predicted octanol–water partition coefficient (Wildman–Crippen LogP) is 2.39. The van der Waals surface area contributed by atoms with Gasteiger partial charge in [0.25, 0.3) is 0 Å². The van der Waals surface area contributed by atoms with Gasteiger partial charge in [-0.25, -0.2) is 9.97 Å². The molecule has 1 aromatic carbocycles. The van der Waals surface area contributed by atoms with Crippen LogP contribution >= 0.6 is 0 Å². The predicted molar refractivity (Wildman–Crippen MR) is 74.2 cm³/mol. The van der Waals surface area contributed by atoms with E-state index >= 15 is 0 Å². The molecular formula is C15H18N2O2. The Kier molecular flexibility index (Phi) is 4.47. The van der Waals surface area contributed by atoms with E-state index in [1.165, 1.54) is 0 Å². The highest BCUT2D eigenvalue weighted by Gasteiger charge is 2.05. The summed E-state index contributed by atoms with van der Waals surface area (Å²) in [5.74, 6) is 1.58. The van der Waals surface area contributed by atoms with E-state index in [1.54, 1.807) is 7.11 Å². The van der Waals surface area contributed by atoms with E-state index in [1.807, 2.05) is 37.3 Å². The Morgan fingerprint density at radius 3 is 2.79 bits per heavy atom. The maximum Gasteiger partial charge on any atom is 0.129 e. The number of aliphatic hydroxyl groups is 1. The molecule has 2 rings (SSSR count). The summed E-state index contributed by atoms with van der Waals surface area (Å²) in [5.41, 5.74) is 2.83. The minimum Gasteiger partial charge on any atom is -0.497 e. The second-order valence-electron chi connectivity index (χ2n) is 4.37. The highest BCUT2D eigenvalue weighted by molar-refractivity contribution is 5.61. The fraction of sp³-hybridized carbons (Fsp3) is 0.333. The maximum atomic E-state index is 8.88. The average molecular weight is 258 g/mol. The molecule has 4 nitrogen and oxygen atoms in total. The van der Waals surface area contributed by atoms with Crippen molar-refractivity contribution < 1.29 is 9.84 Å². The van der Waals surface area contributed by atoms with Gasteiger partial charge in [-0.3, -0.25) is 0 Å². The molecule has 0 spiro atoms. The Bertz CT molecular complexity index is 556. The Morgan fingerprint density at radius 2 is 2.05 bits per heavy atom. The molecule has 1 N–H and O–H groups in total. The van der Waals surface area contributed by atoms with Crippen molar-refractivity contribution in [3.05, 3.63) is 41.9 Å². The molecule has 0 radical (unpaired) electrons. The van der Waals surface area contributed by atoms with Gasteiger partial charge in [-0.2, -0.15) is 0 Å². The standard InChI is InChI=1S/C15H18N2O2/c1-11-9-14(17-15(16-11)7-4-8-18)12-5-3-6-13(10-12)19-2/h3,5-6,9-10,18H,4,7-8H2,1-2H3. The molecule has 0 amide bonds. The summed E-state index contributed by atoms with van der Waals surface area (Å²) in [4.78, 5) is 8.92. The molecule has 2 aromatic rings. The lowest BCUT2D eigenvalue weighted by molar-refractivity contribution is 0.287. The number of methoxy groups -OCH3 is 1. The van der Waals surface area contributed by atoms with Gasteiger partial charge in [0, 0.05) is 24.3 Å². The number of nitrogens with zero attached hydrogens (tertiary/aromatic N) is 2. The summed E-state index contributed by atoms with van der Waals surface area (Å²) < 4.78 is 5.23. The van der Waals surface area contributed by atoms with Crippen molar-refractivity contribution in [2.24, 2.45) is 0 Å². The third-order valence-electron chi connectivity index (χ3n) is 2.82. The largest absolute Gasteiger partial charge is 0.497 e. The lowest BCUT2D eigenvalue weighted by Gasteiger charge is -2.07. The van der Waals surface area contributed by atoms with E-state index in [4.69, 9.17) is 9.84 Å². The Hall–Kier alpha value is -1.94. The van der Waals surface area contributed by atoms with Crippen LogP contribution in [0.2, 0.25) is 0 Å². The average Bonchev–Trinajstić information content (AvgIpc) is 2.44. The quantitative estimate of drug-likeness (QED) is 0.894. The van der Waals surface area contributed by atoms with Crippen LogP contribution in [0.5, 0.6) is 5.75 Å². The first kappa shape index (κ1) is 13.5. The summed E-state index contributed by atoms with van der Waals surface area (Å²) in [7, 11) is 1.65. The van der Waals surface area contributed by atoms with Crippen LogP contribution in [0.1, 0.15) is 17.9 Å². The monoisotopic (exact) mass is 258 g/mol. The van der Waals surface area contributed by atoms with Crippen molar-refractivity contribution in [2.75, 3.05) is 13.7 Å². The van der Waals surface area contributed by atoms with Crippen LogP contribution in [0.15, 0.2) is 30.3 Å². The van der Waals surface area contributed by atoms with Crippen molar-refractivity contribution in [3.8, 4) is 17.0 Å². The molecule has 0 aliphatic rings. The van der Waals surface area contributed by atoms with Crippen molar-refractivity contribution in [1.82, 2.24) is 9.97 Å². The van der Waals surface area contributed by atoms with Crippen LogP contribution in [0.25, 0.3) is 11.3 Å². The molecule has 1 heterocycles. The normalized spacial score (nSPS) is 10.5. The number of benzene rings is 1. The van der Waals surface area contributed by atoms with Crippen LogP contribution in [0.3, 0.4) is 0 Å². The smallest absolute Gasteiger partial charge is 0.129 e. The van der Waals surface area contributed by atoms with Gasteiger partial charge in [0.1, 0.15) is 11.6 Å². The van der Waals surface area contributed by atoms with Crippen molar-refractivity contribution in [1.29, 1.82) is 0 Å². The molecule has 4 heteroatoms. The van der Waals surface area contributed by atoms with E-state index in [9.17, 15) is 0 Å². The molecule has 19 heavy (non-hydrogen) atoms. The van der Waals surface area contributed by atoms with Crippen molar-refractivity contribution >= 4 is 0 Å². The van der Waals surface area contributed by atoms with Gasteiger partial charge in [0.15, 0.2) is 0 Å². The maximum absolute atomic E-state index is 8.88. The zero-order chi connectivity index (χ0) is 13.7. The van der Waals surface area contributed by atoms with Gasteiger partial charge in [-0.1, -0.05) is 12.1 Å². The molecule has 100 valence electrons. The van der Waals surface area contributed by atoms with Gasteiger partial charge in [0.2, 0.25) is 0 Å². The summed E-state index contributed by atoms with van der Waals surface area (Å²) in [6, 6.07) is 9.76. The van der Waals surface area contributed by atoms with E-state index < -0.39 is 0 Å². The van der Waals surface area contributed by atoms with Crippen molar-refractivity contribution in [2.45, 2.75) is 19.8 Å². The Morgan fingerprint density at radius 1 is 1.21 bits per heavy atom. The third kappa shape index (κ3) is 3.51. The molecule has 0 bridgehead atoms. The summed E-state index contributed by atoms with van der Waals surface area (Å²) in [6.45, 7) is 2.11. The van der Waals surface area contributed by atoms with Crippen molar-refractivity contribution in [3.63, 3.8) is 0 Å². The first-order valence-corrected chi connectivity index (χ1v) is 6.33. The highest BCUT2D eigenvalue weighted by atomic mass is 16.5. The lowest BCUT2D eigenvalue weighted by Crippen LogP contribution is -2.00. The first-order valence-electron chi connectivity index (χ1n) is 6.33. The number of aromatic nitrogens is 2. The summed E-state index contributed by atoms with van der Waals surface area (Å²) >= 11 is 0. The SMILES string of the molecule is COc1cccc(-c2cc(C)nc(CCCO)n2)c1. The van der Waals surface area contributed by atoms with Gasteiger partial charge in [0.05, 0.1) is 12.8 Å². The molecular weight excluding hydrogens is 240 g/mol. The molecule has 0 unspecified atom stereocenters. The number of aryl methyl sites for hydroxylation is 2. The number of aliphatic hydroxyl groups excluding tert-OH is 1. The number of hydrogen-bond acceptors (Lipinski definition) is 4. The number of ether oxygens (including phenoxy) is 1. The van der Waals surface area contributed by atoms with E-state index in [0.717, 1.165) is 28.5 Å². The van der Waals surface area contributed by atoms with Gasteiger partial charge < -0.3 is 9.84 Å². The van der Waals surface area contributed by atoms with E-state index in [-0.39, 0.29) is 6.61 Å². The highest BCUT2D eigenvalue weighted by Crippen LogP contribution is 2.22. The van der Waals surface area contributed by atoms with Gasteiger partial charge in [-0.05, 0) is 31.5 Å². The van der Waals surface area contributed by atoms with E-state index in [2.05, 4.69) is 9.97 Å². The second kappa shape index (κ2) is 6.29. The summed E-state index contributed by atoms with van der Waals surface area (Å²) in [5, 5.41) is 8.88. The number of rotatable bonds is 5. The molecule has 0 atom stereocenters. The van der Waals surface area contributed by atoms with Crippen LogP contribution in [0.4, 0.5) is 0 Å². The fourth-order valence-corrected chi connectivity index (χ4v) is 1.91. The minimum atomic E-state index is 0.159. The molecule has 1 aromatic heterocycles. The summed E-state index contributed by atoms with van der Waals surface area (Å²) in [6.07, 6.45) is 1.37. The van der Waals surface area contributed by atoms with Gasteiger partial charge in [-0.15, -0.1) is 0 Å². The minimum absolute atomic E-state index is 0.159. The van der Waals surface area contributed by atoms with Gasteiger partial charge >= 0.3 is 0 Å². The zero-order valence-corrected chi connectivity index (χ0v) is 11.3.